The quantitative estimate of drug-likeness (QED) is 0.643. The van der Waals surface area contributed by atoms with E-state index in [0.717, 1.165) is 33.6 Å². The van der Waals surface area contributed by atoms with Crippen LogP contribution in [0.1, 0.15) is 33.8 Å². The first kappa shape index (κ1) is 22.2. The van der Waals surface area contributed by atoms with E-state index in [1.165, 1.54) is 0 Å². The average molecular weight is 463 g/mol. The Hall–Kier alpha value is -2.98. The molecule has 168 valence electrons. The standard InChI is InChI=1S/C22H20F3N3O3S/c1-14-5-7-15(8-6-14)11-20-26-19-9-10-28(13-18(19)21(29)27-20)32(30,31)17-4-2-3-16(12-17)22(23,24)25/h2-8,12H,9-11,13H2,1H3,(H,26,27,29). The number of aromatic amines is 1. The molecule has 0 atom stereocenters. The highest BCUT2D eigenvalue weighted by molar-refractivity contribution is 7.89. The van der Waals surface area contributed by atoms with Gasteiger partial charge in [0, 0.05) is 25.9 Å². The molecule has 10 heteroatoms. The zero-order valence-corrected chi connectivity index (χ0v) is 17.9. The number of fused-ring (bicyclic) bond motifs is 1. The van der Waals surface area contributed by atoms with Gasteiger partial charge in [0.1, 0.15) is 5.82 Å². The maximum atomic E-state index is 13.0. The topological polar surface area (TPSA) is 83.1 Å². The van der Waals surface area contributed by atoms with E-state index in [0.29, 0.717) is 24.0 Å². The van der Waals surface area contributed by atoms with E-state index in [1.54, 1.807) is 0 Å². The first-order valence-corrected chi connectivity index (χ1v) is 11.3. The number of hydrogen-bond acceptors (Lipinski definition) is 4. The van der Waals surface area contributed by atoms with Crippen LogP contribution in [0.3, 0.4) is 0 Å². The Morgan fingerprint density at radius 1 is 1.12 bits per heavy atom. The SMILES string of the molecule is Cc1ccc(Cc2nc3c(c(=O)[nH]2)CN(S(=O)(=O)c2cccc(C(F)(F)F)c2)CC3)cc1. The molecule has 0 saturated carbocycles. The number of hydrogen-bond donors (Lipinski definition) is 1. The van der Waals surface area contributed by atoms with Gasteiger partial charge in [-0.05, 0) is 30.7 Å². The molecule has 0 aliphatic carbocycles. The molecule has 3 aromatic rings. The van der Waals surface area contributed by atoms with Gasteiger partial charge in [0.25, 0.3) is 5.56 Å². The van der Waals surface area contributed by atoms with Crippen LogP contribution in [0.4, 0.5) is 13.2 Å². The number of aryl methyl sites for hydroxylation is 1. The first-order valence-electron chi connectivity index (χ1n) is 9.88. The Balaban J connectivity index is 1.60. The van der Waals surface area contributed by atoms with Crippen molar-refractivity contribution < 1.29 is 21.6 Å². The number of alkyl halides is 3. The summed E-state index contributed by atoms with van der Waals surface area (Å²) in [6, 6.07) is 11.4. The van der Waals surface area contributed by atoms with E-state index in [4.69, 9.17) is 0 Å². The molecule has 0 unspecified atom stereocenters. The van der Waals surface area contributed by atoms with Crippen molar-refractivity contribution >= 4 is 10.0 Å². The largest absolute Gasteiger partial charge is 0.416 e. The van der Waals surface area contributed by atoms with E-state index in [9.17, 15) is 26.4 Å². The predicted octanol–water partition coefficient (Wildman–Crippen LogP) is 3.43. The van der Waals surface area contributed by atoms with Crippen LogP contribution >= 0.6 is 0 Å². The fourth-order valence-corrected chi connectivity index (χ4v) is 5.08. The highest BCUT2D eigenvalue weighted by Gasteiger charge is 2.34. The Kier molecular flexibility index (Phi) is 5.68. The van der Waals surface area contributed by atoms with Crippen molar-refractivity contribution in [3.8, 4) is 0 Å². The third kappa shape index (κ3) is 4.46. The summed E-state index contributed by atoms with van der Waals surface area (Å²) in [5.74, 6) is 0.479. The minimum Gasteiger partial charge on any atom is -0.310 e. The lowest BCUT2D eigenvalue weighted by Gasteiger charge is -2.27. The van der Waals surface area contributed by atoms with Gasteiger partial charge in [-0.25, -0.2) is 13.4 Å². The van der Waals surface area contributed by atoms with Crippen molar-refractivity contribution in [3.05, 3.63) is 92.7 Å². The van der Waals surface area contributed by atoms with Crippen LogP contribution in [0, 0.1) is 6.92 Å². The van der Waals surface area contributed by atoms with Crippen molar-refractivity contribution in [2.75, 3.05) is 6.54 Å². The second-order valence-electron chi connectivity index (χ2n) is 7.71. The van der Waals surface area contributed by atoms with Crippen LogP contribution in [-0.4, -0.2) is 29.2 Å². The second-order valence-corrected chi connectivity index (χ2v) is 9.65. The van der Waals surface area contributed by atoms with E-state index in [2.05, 4.69) is 9.97 Å². The van der Waals surface area contributed by atoms with Crippen molar-refractivity contribution in [1.82, 2.24) is 14.3 Å². The number of benzene rings is 2. The van der Waals surface area contributed by atoms with Gasteiger partial charge in [-0.2, -0.15) is 17.5 Å². The number of halogens is 3. The number of H-pyrrole nitrogens is 1. The maximum Gasteiger partial charge on any atom is 0.416 e. The predicted molar refractivity (Wildman–Crippen MR) is 112 cm³/mol. The number of rotatable bonds is 4. The summed E-state index contributed by atoms with van der Waals surface area (Å²) in [6.45, 7) is 1.75. The molecule has 0 amide bonds. The summed E-state index contributed by atoms with van der Waals surface area (Å²) in [5, 5.41) is 0. The fraction of sp³-hybridized carbons (Fsp3) is 0.273. The molecular formula is C22H20F3N3O3S. The molecule has 1 N–H and O–H groups in total. The van der Waals surface area contributed by atoms with Crippen molar-refractivity contribution in [3.63, 3.8) is 0 Å². The Labute approximate surface area is 182 Å². The molecule has 1 aromatic heterocycles. The number of sulfonamides is 1. The average Bonchev–Trinajstić information content (AvgIpc) is 2.74. The molecule has 6 nitrogen and oxygen atoms in total. The van der Waals surface area contributed by atoms with Gasteiger partial charge in [0.2, 0.25) is 10.0 Å². The first-order chi connectivity index (χ1) is 15.0. The summed E-state index contributed by atoms with van der Waals surface area (Å²) in [4.78, 5) is 19.4. The van der Waals surface area contributed by atoms with Gasteiger partial charge in [0.05, 0.1) is 21.7 Å². The molecule has 2 heterocycles. The number of nitrogens with zero attached hydrogens (tertiary/aromatic N) is 2. The summed E-state index contributed by atoms with van der Waals surface area (Å²) in [7, 11) is -4.21. The van der Waals surface area contributed by atoms with Gasteiger partial charge >= 0.3 is 6.18 Å². The Morgan fingerprint density at radius 2 is 1.84 bits per heavy atom. The molecular weight excluding hydrogens is 443 g/mol. The number of nitrogens with one attached hydrogen (secondary N) is 1. The van der Waals surface area contributed by atoms with Gasteiger partial charge in [-0.1, -0.05) is 35.9 Å². The van der Waals surface area contributed by atoms with E-state index in [1.807, 2.05) is 31.2 Å². The van der Waals surface area contributed by atoms with E-state index >= 15 is 0 Å². The molecule has 2 aromatic carbocycles. The molecule has 32 heavy (non-hydrogen) atoms. The molecule has 1 aliphatic rings. The molecule has 0 spiro atoms. The minimum absolute atomic E-state index is 0.0198. The maximum absolute atomic E-state index is 13.0. The molecule has 4 rings (SSSR count). The lowest BCUT2D eigenvalue weighted by molar-refractivity contribution is -0.137. The van der Waals surface area contributed by atoms with Gasteiger partial charge in [-0.3, -0.25) is 4.79 Å². The normalized spacial score (nSPS) is 14.9. The highest BCUT2D eigenvalue weighted by atomic mass is 32.2. The molecule has 0 fully saturated rings. The highest BCUT2D eigenvalue weighted by Crippen LogP contribution is 2.32. The van der Waals surface area contributed by atoms with E-state index < -0.39 is 32.2 Å². The summed E-state index contributed by atoms with van der Waals surface area (Å²) in [5.41, 5.74) is 1.31. The minimum atomic E-state index is -4.66. The second kappa shape index (κ2) is 8.18. The van der Waals surface area contributed by atoms with Crippen LogP contribution < -0.4 is 5.56 Å². The smallest absolute Gasteiger partial charge is 0.310 e. The zero-order chi connectivity index (χ0) is 23.1. The van der Waals surface area contributed by atoms with Crippen molar-refractivity contribution in [2.24, 2.45) is 0 Å². The fourth-order valence-electron chi connectivity index (χ4n) is 3.62. The molecule has 0 bridgehead atoms. The third-order valence-corrected chi connectivity index (χ3v) is 7.22. The monoisotopic (exact) mass is 463 g/mol. The van der Waals surface area contributed by atoms with Gasteiger partial charge in [-0.15, -0.1) is 0 Å². The van der Waals surface area contributed by atoms with Gasteiger partial charge in [0.15, 0.2) is 0 Å². The summed E-state index contributed by atoms with van der Waals surface area (Å²) < 4.78 is 65.9. The summed E-state index contributed by atoms with van der Waals surface area (Å²) in [6.07, 6.45) is -4.04. The lowest BCUT2D eigenvalue weighted by atomic mass is 10.1. The number of aromatic nitrogens is 2. The van der Waals surface area contributed by atoms with Gasteiger partial charge < -0.3 is 4.98 Å². The van der Waals surface area contributed by atoms with Crippen LogP contribution in [0.2, 0.25) is 0 Å². The van der Waals surface area contributed by atoms with E-state index in [-0.39, 0.29) is 25.1 Å². The molecule has 1 aliphatic heterocycles. The van der Waals surface area contributed by atoms with Crippen LogP contribution in [0.5, 0.6) is 0 Å². The van der Waals surface area contributed by atoms with Crippen LogP contribution in [0.15, 0.2) is 58.2 Å². The van der Waals surface area contributed by atoms with Crippen LogP contribution in [0.25, 0.3) is 0 Å². The van der Waals surface area contributed by atoms with Crippen molar-refractivity contribution in [1.29, 1.82) is 0 Å². The lowest BCUT2D eigenvalue weighted by Crippen LogP contribution is -2.39. The Bertz CT molecular complexity index is 1320. The molecule has 0 radical (unpaired) electrons. The zero-order valence-electron chi connectivity index (χ0n) is 17.1. The van der Waals surface area contributed by atoms with Crippen LogP contribution in [-0.2, 0) is 35.6 Å². The molecule has 0 saturated heterocycles. The Morgan fingerprint density at radius 3 is 2.53 bits per heavy atom. The van der Waals surface area contributed by atoms with Crippen molar-refractivity contribution in [2.45, 2.75) is 37.4 Å². The third-order valence-electron chi connectivity index (χ3n) is 5.37. The summed E-state index contributed by atoms with van der Waals surface area (Å²) >= 11 is 0.